The third-order valence-electron chi connectivity index (χ3n) is 3.35. The Hall–Kier alpha value is -0.610. The Morgan fingerprint density at radius 3 is 2.94 bits per heavy atom. The molecule has 0 aromatic rings. The van der Waals surface area contributed by atoms with Crippen LogP contribution < -0.4 is 10.6 Å². The second-order valence-corrected chi connectivity index (χ2v) is 4.86. The van der Waals surface area contributed by atoms with E-state index in [0.29, 0.717) is 12.0 Å². The fourth-order valence-electron chi connectivity index (χ4n) is 2.10. The van der Waals surface area contributed by atoms with Crippen molar-refractivity contribution in [3.05, 3.63) is 0 Å². The van der Waals surface area contributed by atoms with Gasteiger partial charge in [0.2, 0.25) is 5.91 Å². The average molecular weight is 228 g/mol. The molecule has 0 aromatic carbocycles. The number of rotatable bonds is 6. The second kappa shape index (κ2) is 6.86. The number of aliphatic hydroxyl groups is 1. The monoisotopic (exact) mass is 228 g/mol. The molecule has 0 bridgehead atoms. The molecule has 4 heteroatoms. The Morgan fingerprint density at radius 1 is 1.62 bits per heavy atom. The van der Waals surface area contributed by atoms with Crippen LogP contribution in [0.1, 0.15) is 33.1 Å². The Bertz CT molecular complexity index is 221. The molecule has 0 aliphatic carbocycles. The lowest BCUT2D eigenvalue weighted by molar-refractivity contribution is -0.125. The largest absolute Gasteiger partial charge is 0.396 e. The van der Waals surface area contributed by atoms with Crippen LogP contribution in [0.4, 0.5) is 0 Å². The first kappa shape index (κ1) is 13.5. The van der Waals surface area contributed by atoms with E-state index < -0.39 is 0 Å². The molecule has 3 unspecified atom stereocenters. The fourth-order valence-corrected chi connectivity index (χ4v) is 2.10. The van der Waals surface area contributed by atoms with Gasteiger partial charge in [-0.05, 0) is 38.6 Å². The van der Waals surface area contributed by atoms with Crippen LogP contribution in [0.25, 0.3) is 0 Å². The first-order valence-corrected chi connectivity index (χ1v) is 6.27. The molecule has 0 aromatic heterocycles. The highest BCUT2D eigenvalue weighted by molar-refractivity contribution is 5.79. The molecule has 94 valence electrons. The highest BCUT2D eigenvalue weighted by Crippen LogP contribution is 2.14. The first-order chi connectivity index (χ1) is 7.65. The van der Waals surface area contributed by atoms with Crippen molar-refractivity contribution in [1.29, 1.82) is 0 Å². The summed E-state index contributed by atoms with van der Waals surface area (Å²) >= 11 is 0. The van der Waals surface area contributed by atoms with Gasteiger partial charge in [0.15, 0.2) is 0 Å². The number of carbonyl (C=O) groups excluding carboxylic acids is 1. The lowest BCUT2D eigenvalue weighted by atomic mass is 10.0. The normalized spacial score (nSPS) is 26.7. The summed E-state index contributed by atoms with van der Waals surface area (Å²) < 4.78 is 0. The van der Waals surface area contributed by atoms with E-state index in [0.717, 1.165) is 32.4 Å². The number of amides is 1. The molecule has 1 rings (SSSR count). The van der Waals surface area contributed by atoms with E-state index >= 15 is 0 Å². The maximum Gasteiger partial charge on any atom is 0.224 e. The summed E-state index contributed by atoms with van der Waals surface area (Å²) in [4.78, 5) is 11.8. The van der Waals surface area contributed by atoms with Crippen molar-refractivity contribution in [1.82, 2.24) is 10.6 Å². The molecular formula is C12H24N2O2. The van der Waals surface area contributed by atoms with E-state index in [1.165, 1.54) is 0 Å². The third kappa shape index (κ3) is 4.10. The highest BCUT2D eigenvalue weighted by atomic mass is 16.3. The zero-order chi connectivity index (χ0) is 12.0. The van der Waals surface area contributed by atoms with Crippen molar-refractivity contribution in [3.8, 4) is 0 Å². The Labute approximate surface area is 97.8 Å². The van der Waals surface area contributed by atoms with Crippen LogP contribution in [0.15, 0.2) is 0 Å². The van der Waals surface area contributed by atoms with E-state index in [4.69, 9.17) is 5.11 Å². The average Bonchev–Trinajstić information content (AvgIpc) is 2.70. The van der Waals surface area contributed by atoms with Gasteiger partial charge in [0.05, 0.1) is 5.92 Å². The van der Waals surface area contributed by atoms with E-state index in [1.54, 1.807) is 0 Å². The summed E-state index contributed by atoms with van der Waals surface area (Å²) in [6.07, 6.45) is 2.86. The van der Waals surface area contributed by atoms with E-state index in [9.17, 15) is 4.79 Å². The molecule has 3 atom stereocenters. The van der Waals surface area contributed by atoms with Gasteiger partial charge in [0.1, 0.15) is 0 Å². The minimum atomic E-state index is 0.135. The van der Waals surface area contributed by atoms with Crippen LogP contribution in [0.3, 0.4) is 0 Å². The molecule has 0 saturated carbocycles. The van der Waals surface area contributed by atoms with Crippen LogP contribution in [0, 0.1) is 11.8 Å². The van der Waals surface area contributed by atoms with Crippen LogP contribution >= 0.6 is 0 Å². The summed E-state index contributed by atoms with van der Waals surface area (Å²) in [5.74, 6) is 0.647. The van der Waals surface area contributed by atoms with Crippen molar-refractivity contribution >= 4 is 5.91 Å². The van der Waals surface area contributed by atoms with Crippen LogP contribution in [0.2, 0.25) is 0 Å². The van der Waals surface area contributed by atoms with Gasteiger partial charge in [0, 0.05) is 19.2 Å². The molecule has 3 N–H and O–H groups in total. The number of hydrogen-bond acceptors (Lipinski definition) is 3. The first-order valence-electron chi connectivity index (χ1n) is 6.27. The summed E-state index contributed by atoms with van der Waals surface area (Å²) in [5, 5.41) is 15.1. The molecule has 1 aliphatic heterocycles. The molecule has 0 radical (unpaired) electrons. The van der Waals surface area contributed by atoms with Crippen molar-refractivity contribution in [2.45, 2.75) is 39.2 Å². The molecule has 1 fully saturated rings. The van der Waals surface area contributed by atoms with Gasteiger partial charge in [0.25, 0.3) is 0 Å². The predicted octanol–water partition coefficient (Wildman–Crippen LogP) is 0.509. The van der Waals surface area contributed by atoms with E-state index in [-0.39, 0.29) is 18.4 Å². The molecule has 0 spiro atoms. The summed E-state index contributed by atoms with van der Waals surface area (Å²) in [5.41, 5.74) is 0. The number of hydrogen-bond donors (Lipinski definition) is 3. The number of aliphatic hydroxyl groups excluding tert-OH is 1. The standard InChI is InChI=1S/C12H24N2O2/c1-9(8-15)4-3-6-14-12(16)11-5-7-13-10(11)2/h9-11,13,15H,3-8H2,1-2H3,(H,14,16). The molecule has 1 amide bonds. The fraction of sp³-hybridized carbons (Fsp3) is 0.917. The van der Waals surface area contributed by atoms with E-state index in [2.05, 4.69) is 17.6 Å². The van der Waals surface area contributed by atoms with Crippen LogP contribution in [-0.2, 0) is 4.79 Å². The van der Waals surface area contributed by atoms with Crippen molar-refractivity contribution in [3.63, 3.8) is 0 Å². The van der Waals surface area contributed by atoms with E-state index in [1.807, 2.05) is 6.92 Å². The molecular weight excluding hydrogens is 204 g/mol. The maximum absolute atomic E-state index is 11.8. The smallest absolute Gasteiger partial charge is 0.224 e. The molecule has 1 heterocycles. The maximum atomic E-state index is 11.8. The summed E-state index contributed by atoms with van der Waals surface area (Å²) in [6.45, 7) is 5.99. The van der Waals surface area contributed by atoms with Gasteiger partial charge in [-0.1, -0.05) is 6.92 Å². The predicted molar refractivity (Wildman–Crippen MR) is 64.1 cm³/mol. The van der Waals surface area contributed by atoms with Gasteiger partial charge in [-0.2, -0.15) is 0 Å². The summed E-state index contributed by atoms with van der Waals surface area (Å²) in [7, 11) is 0. The molecule has 1 aliphatic rings. The SMILES string of the molecule is CC(CO)CCCNC(=O)C1CCNC1C. The third-order valence-corrected chi connectivity index (χ3v) is 3.35. The lowest BCUT2D eigenvalue weighted by Crippen LogP contribution is -2.37. The zero-order valence-corrected chi connectivity index (χ0v) is 10.3. The number of carbonyl (C=O) groups is 1. The van der Waals surface area contributed by atoms with Crippen molar-refractivity contribution in [2.75, 3.05) is 19.7 Å². The van der Waals surface area contributed by atoms with Gasteiger partial charge in [-0.15, -0.1) is 0 Å². The summed E-state index contributed by atoms with van der Waals surface area (Å²) in [6, 6.07) is 0.302. The Morgan fingerprint density at radius 2 is 2.38 bits per heavy atom. The lowest BCUT2D eigenvalue weighted by Gasteiger charge is -2.15. The molecule has 4 nitrogen and oxygen atoms in total. The highest BCUT2D eigenvalue weighted by Gasteiger charge is 2.28. The van der Waals surface area contributed by atoms with Crippen molar-refractivity contribution in [2.24, 2.45) is 11.8 Å². The Balaban J connectivity index is 2.10. The second-order valence-electron chi connectivity index (χ2n) is 4.86. The van der Waals surface area contributed by atoms with Gasteiger partial charge in [-0.3, -0.25) is 4.79 Å². The molecule has 16 heavy (non-hydrogen) atoms. The number of nitrogens with one attached hydrogen (secondary N) is 2. The van der Waals surface area contributed by atoms with Gasteiger partial charge < -0.3 is 15.7 Å². The van der Waals surface area contributed by atoms with Gasteiger partial charge in [-0.25, -0.2) is 0 Å². The Kier molecular flexibility index (Phi) is 5.77. The minimum absolute atomic E-state index is 0.135. The van der Waals surface area contributed by atoms with Crippen LogP contribution in [0.5, 0.6) is 0 Å². The minimum Gasteiger partial charge on any atom is -0.396 e. The van der Waals surface area contributed by atoms with Gasteiger partial charge >= 0.3 is 0 Å². The van der Waals surface area contributed by atoms with Crippen LogP contribution in [-0.4, -0.2) is 36.8 Å². The zero-order valence-electron chi connectivity index (χ0n) is 10.3. The quantitative estimate of drug-likeness (QED) is 0.580. The molecule has 1 saturated heterocycles. The topological polar surface area (TPSA) is 61.4 Å². The van der Waals surface area contributed by atoms with Crippen molar-refractivity contribution < 1.29 is 9.90 Å².